The second-order valence-corrected chi connectivity index (χ2v) is 7.84. The van der Waals surface area contributed by atoms with Gasteiger partial charge in [0.25, 0.3) is 0 Å². The largest absolute Gasteiger partial charge is 0.376 e. The fraction of sp³-hybridized carbons (Fsp3) is 0.714. The molecule has 2 rings (SSSR count). The van der Waals surface area contributed by atoms with Crippen molar-refractivity contribution in [3.63, 3.8) is 0 Å². The number of thiophene rings is 1. The quantitative estimate of drug-likeness (QED) is 0.907. The second kappa shape index (κ2) is 6.68. The Balaban J connectivity index is 2.26. The van der Waals surface area contributed by atoms with Gasteiger partial charge in [-0.3, -0.25) is 4.90 Å². The van der Waals surface area contributed by atoms with Gasteiger partial charge in [0.15, 0.2) is 0 Å². The van der Waals surface area contributed by atoms with Gasteiger partial charge in [0.1, 0.15) is 0 Å². The summed E-state index contributed by atoms with van der Waals surface area (Å²) in [6.45, 7) is 8.24. The molecule has 19 heavy (non-hydrogen) atoms. The molecule has 1 aliphatic rings. The molecule has 4 atom stereocenters. The summed E-state index contributed by atoms with van der Waals surface area (Å²) in [6, 6.07) is 5.17. The van der Waals surface area contributed by atoms with Crippen LogP contribution in [0.5, 0.6) is 0 Å². The van der Waals surface area contributed by atoms with Gasteiger partial charge in [0, 0.05) is 23.5 Å². The van der Waals surface area contributed by atoms with Gasteiger partial charge in [0.05, 0.1) is 22.5 Å². The summed E-state index contributed by atoms with van der Waals surface area (Å²) in [5.41, 5.74) is 6.28. The van der Waals surface area contributed by atoms with E-state index in [2.05, 4.69) is 53.7 Å². The van der Waals surface area contributed by atoms with Gasteiger partial charge in [0.2, 0.25) is 0 Å². The summed E-state index contributed by atoms with van der Waals surface area (Å²) >= 11 is 5.34. The van der Waals surface area contributed by atoms with Crippen molar-refractivity contribution in [1.82, 2.24) is 4.90 Å². The SMILES string of the molecule is CCC1COC(C)CN1C(c1ccc(Br)s1)C(C)N. The van der Waals surface area contributed by atoms with E-state index < -0.39 is 0 Å². The summed E-state index contributed by atoms with van der Waals surface area (Å²) in [4.78, 5) is 3.88. The lowest BCUT2D eigenvalue weighted by Crippen LogP contribution is -2.53. The molecular formula is C14H23BrN2OS. The zero-order chi connectivity index (χ0) is 14.0. The van der Waals surface area contributed by atoms with Crippen LogP contribution in [0.15, 0.2) is 15.9 Å². The topological polar surface area (TPSA) is 38.5 Å². The molecule has 1 aliphatic heterocycles. The molecular weight excluding hydrogens is 324 g/mol. The molecule has 2 heterocycles. The third-order valence-corrected chi connectivity index (χ3v) is 5.42. The zero-order valence-corrected chi connectivity index (χ0v) is 14.2. The highest BCUT2D eigenvalue weighted by Crippen LogP contribution is 2.35. The Morgan fingerprint density at radius 3 is 2.84 bits per heavy atom. The average Bonchev–Trinajstić information content (AvgIpc) is 2.76. The van der Waals surface area contributed by atoms with Crippen molar-refractivity contribution in [2.24, 2.45) is 5.73 Å². The van der Waals surface area contributed by atoms with E-state index in [0.717, 1.165) is 19.6 Å². The third kappa shape index (κ3) is 3.58. The van der Waals surface area contributed by atoms with E-state index in [-0.39, 0.29) is 18.2 Å². The van der Waals surface area contributed by atoms with Gasteiger partial charge in [-0.15, -0.1) is 11.3 Å². The zero-order valence-electron chi connectivity index (χ0n) is 11.8. The summed E-state index contributed by atoms with van der Waals surface area (Å²) in [5, 5.41) is 0. The number of morpholine rings is 1. The van der Waals surface area contributed by atoms with E-state index >= 15 is 0 Å². The molecule has 108 valence electrons. The molecule has 0 radical (unpaired) electrons. The molecule has 1 aromatic rings. The van der Waals surface area contributed by atoms with Crippen LogP contribution >= 0.6 is 27.3 Å². The molecule has 0 bridgehead atoms. The second-order valence-electron chi connectivity index (χ2n) is 5.35. The molecule has 5 heteroatoms. The highest BCUT2D eigenvalue weighted by Gasteiger charge is 2.34. The van der Waals surface area contributed by atoms with Gasteiger partial charge in [-0.1, -0.05) is 6.92 Å². The minimum Gasteiger partial charge on any atom is -0.376 e. The fourth-order valence-electron chi connectivity index (χ4n) is 2.77. The van der Waals surface area contributed by atoms with Gasteiger partial charge in [-0.2, -0.15) is 0 Å². The molecule has 1 fully saturated rings. The summed E-state index contributed by atoms with van der Waals surface area (Å²) < 4.78 is 6.96. The predicted molar refractivity (Wildman–Crippen MR) is 84.6 cm³/mol. The number of ether oxygens (including phenoxy) is 1. The summed E-state index contributed by atoms with van der Waals surface area (Å²) in [6.07, 6.45) is 1.38. The first kappa shape index (κ1) is 15.4. The Hall–Kier alpha value is 0.0600. The molecule has 1 aromatic heterocycles. The van der Waals surface area contributed by atoms with Gasteiger partial charge in [-0.25, -0.2) is 0 Å². The molecule has 0 saturated carbocycles. The van der Waals surface area contributed by atoms with E-state index in [1.165, 1.54) is 8.66 Å². The van der Waals surface area contributed by atoms with E-state index in [0.29, 0.717) is 6.04 Å². The molecule has 0 amide bonds. The minimum absolute atomic E-state index is 0.116. The van der Waals surface area contributed by atoms with Crippen molar-refractivity contribution >= 4 is 27.3 Å². The van der Waals surface area contributed by atoms with Crippen LogP contribution in [0.2, 0.25) is 0 Å². The highest BCUT2D eigenvalue weighted by molar-refractivity contribution is 9.11. The average molecular weight is 347 g/mol. The Kier molecular flexibility index (Phi) is 5.43. The number of rotatable bonds is 4. The molecule has 0 spiro atoms. The standard InChI is InChI=1S/C14H23BrN2OS/c1-4-11-8-18-9(2)7-17(11)14(10(3)16)12-5-6-13(15)19-12/h5-6,9-11,14H,4,7-8,16H2,1-3H3. The van der Waals surface area contributed by atoms with Crippen molar-refractivity contribution in [2.75, 3.05) is 13.2 Å². The van der Waals surface area contributed by atoms with Gasteiger partial charge in [-0.05, 0) is 48.3 Å². The monoisotopic (exact) mass is 346 g/mol. The molecule has 0 aliphatic carbocycles. The van der Waals surface area contributed by atoms with Crippen molar-refractivity contribution in [1.29, 1.82) is 0 Å². The normalized spacial score (nSPS) is 28.3. The first-order chi connectivity index (χ1) is 9.02. The lowest BCUT2D eigenvalue weighted by atomic mass is 10.0. The predicted octanol–water partition coefficient (Wildman–Crippen LogP) is 3.40. The molecule has 1 saturated heterocycles. The Bertz CT molecular complexity index is 410. The Morgan fingerprint density at radius 2 is 2.32 bits per heavy atom. The van der Waals surface area contributed by atoms with E-state index in [1.807, 2.05) is 0 Å². The highest BCUT2D eigenvalue weighted by atomic mass is 79.9. The minimum atomic E-state index is 0.116. The van der Waals surface area contributed by atoms with Gasteiger partial charge >= 0.3 is 0 Å². The lowest BCUT2D eigenvalue weighted by Gasteiger charge is -2.44. The maximum Gasteiger partial charge on any atom is 0.0702 e. The number of nitrogens with zero attached hydrogens (tertiary/aromatic N) is 1. The van der Waals surface area contributed by atoms with Crippen LogP contribution in [0.3, 0.4) is 0 Å². The van der Waals surface area contributed by atoms with Crippen LogP contribution in [-0.4, -0.2) is 36.2 Å². The van der Waals surface area contributed by atoms with Crippen molar-refractivity contribution in [2.45, 2.75) is 51.4 Å². The fourth-order valence-corrected chi connectivity index (χ4v) is 4.44. The van der Waals surface area contributed by atoms with Crippen molar-refractivity contribution in [3.8, 4) is 0 Å². The number of halogens is 1. The molecule has 0 aromatic carbocycles. The Labute approximate surface area is 128 Å². The first-order valence-electron chi connectivity index (χ1n) is 6.91. The maximum absolute atomic E-state index is 6.28. The number of hydrogen-bond donors (Lipinski definition) is 1. The van der Waals surface area contributed by atoms with Crippen molar-refractivity contribution in [3.05, 3.63) is 20.8 Å². The molecule has 3 nitrogen and oxygen atoms in total. The smallest absolute Gasteiger partial charge is 0.0702 e. The van der Waals surface area contributed by atoms with Crippen LogP contribution in [0.1, 0.15) is 38.1 Å². The van der Waals surface area contributed by atoms with Crippen LogP contribution in [0, 0.1) is 0 Å². The molecule has 4 unspecified atom stereocenters. The van der Waals surface area contributed by atoms with E-state index in [1.54, 1.807) is 11.3 Å². The van der Waals surface area contributed by atoms with Crippen LogP contribution in [0.25, 0.3) is 0 Å². The molecule has 2 N–H and O–H groups in total. The lowest BCUT2D eigenvalue weighted by molar-refractivity contribution is -0.0756. The van der Waals surface area contributed by atoms with Crippen LogP contribution in [-0.2, 0) is 4.74 Å². The van der Waals surface area contributed by atoms with Crippen molar-refractivity contribution < 1.29 is 4.74 Å². The Morgan fingerprint density at radius 1 is 1.58 bits per heavy atom. The first-order valence-corrected chi connectivity index (χ1v) is 8.52. The number of nitrogens with two attached hydrogens (primary N) is 1. The number of hydrogen-bond acceptors (Lipinski definition) is 4. The van der Waals surface area contributed by atoms with Crippen LogP contribution in [0.4, 0.5) is 0 Å². The van der Waals surface area contributed by atoms with E-state index in [9.17, 15) is 0 Å². The summed E-state index contributed by atoms with van der Waals surface area (Å²) in [5.74, 6) is 0. The third-order valence-electron chi connectivity index (χ3n) is 3.72. The van der Waals surface area contributed by atoms with Crippen LogP contribution < -0.4 is 5.73 Å². The maximum atomic E-state index is 6.28. The van der Waals surface area contributed by atoms with Gasteiger partial charge < -0.3 is 10.5 Å². The van der Waals surface area contributed by atoms with E-state index in [4.69, 9.17) is 10.5 Å². The summed E-state index contributed by atoms with van der Waals surface area (Å²) in [7, 11) is 0.